The molecule has 6 nitrogen and oxygen atoms in total. The predicted octanol–water partition coefficient (Wildman–Crippen LogP) is -0.193. The van der Waals surface area contributed by atoms with E-state index in [-0.39, 0.29) is 6.54 Å². The Morgan fingerprint density at radius 3 is 2.28 bits per heavy atom. The lowest BCUT2D eigenvalue weighted by Gasteiger charge is -2.29. The van der Waals surface area contributed by atoms with Crippen molar-refractivity contribution in [2.75, 3.05) is 32.7 Å². The Kier molecular flexibility index (Phi) is 5.10. The van der Waals surface area contributed by atoms with Gasteiger partial charge in [0.1, 0.15) is 5.60 Å². The molecule has 0 spiro atoms. The Hall–Kier alpha value is -1.14. The molecule has 1 unspecified atom stereocenters. The standard InChI is InChI=1S/C12H21N2O4/c1-12(2,3)18-11(17)9(10(15)16)8-14-6-4-13-5-7-14/h9,13H,4-8H2,1-3H3. The number of carbonyl (C=O) groups excluding carboxylic acids is 2. The topological polar surface area (TPSA) is 78.5 Å². The van der Waals surface area contributed by atoms with Crippen molar-refractivity contribution < 1.29 is 19.4 Å². The largest absolute Gasteiger partial charge is 0.459 e. The molecule has 1 heterocycles. The van der Waals surface area contributed by atoms with Crippen LogP contribution in [0.4, 0.5) is 0 Å². The smallest absolute Gasteiger partial charge is 0.371 e. The van der Waals surface area contributed by atoms with E-state index in [4.69, 9.17) is 4.74 Å². The molecule has 6 heteroatoms. The Labute approximate surface area is 107 Å². The van der Waals surface area contributed by atoms with Crippen LogP contribution in [0, 0.1) is 5.92 Å². The molecule has 0 aromatic rings. The highest BCUT2D eigenvalue weighted by Gasteiger charge is 2.34. The second-order valence-electron chi connectivity index (χ2n) is 5.46. The van der Waals surface area contributed by atoms with Gasteiger partial charge in [0, 0.05) is 32.7 Å². The van der Waals surface area contributed by atoms with Crippen LogP contribution in [0.1, 0.15) is 20.8 Å². The van der Waals surface area contributed by atoms with E-state index in [9.17, 15) is 14.7 Å². The molecule has 1 aliphatic rings. The van der Waals surface area contributed by atoms with Crippen LogP contribution in [0.3, 0.4) is 0 Å². The molecule has 0 aromatic heterocycles. The first-order valence-corrected chi connectivity index (χ1v) is 6.16. The summed E-state index contributed by atoms with van der Waals surface area (Å²) in [6, 6.07) is 0. The van der Waals surface area contributed by atoms with Crippen LogP contribution in [0.2, 0.25) is 0 Å². The first kappa shape index (κ1) is 14.9. The normalized spacial score (nSPS) is 19.3. The summed E-state index contributed by atoms with van der Waals surface area (Å²) >= 11 is 0. The first-order chi connectivity index (χ1) is 8.29. The Bertz CT molecular complexity index is 306. The zero-order valence-electron chi connectivity index (χ0n) is 11.2. The Balaban J connectivity index is 2.58. The highest BCUT2D eigenvalue weighted by molar-refractivity contribution is 5.94. The van der Waals surface area contributed by atoms with Crippen molar-refractivity contribution in [1.29, 1.82) is 0 Å². The van der Waals surface area contributed by atoms with Gasteiger partial charge >= 0.3 is 11.9 Å². The minimum absolute atomic E-state index is 0.152. The number of ether oxygens (including phenoxy) is 1. The van der Waals surface area contributed by atoms with Crippen LogP contribution in [-0.2, 0) is 19.4 Å². The highest BCUT2D eigenvalue weighted by Crippen LogP contribution is 2.13. The molecule has 0 aliphatic carbocycles. The summed E-state index contributed by atoms with van der Waals surface area (Å²) in [4.78, 5) is 24.8. The molecular formula is C12H21N2O4. The van der Waals surface area contributed by atoms with Crippen molar-refractivity contribution in [2.24, 2.45) is 5.92 Å². The summed E-state index contributed by atoms with van der Waals surface area (Å²) in [7, 11) is 0. The molecule has 1 saturated heterocycles. The lowest BCUT2D eigenvalue weighted by Crippen LogP contribution is -2.48. The van der Waals surface area contributed by atoms with Crippen molar-refractivity contribution >= 4 is 11.9 Å². The van der Waals surface area contributed by atoms with E-state index in [0.29, 0.717) is 0 Å². The molecule has 1 radical (unpaired) electrons. The van der Waals surface area contributed by atoms with E-state index >= 15 is 0 Å². The molecule has 1 atom stereocenters. The molecule has 0 bridgehead atoms. The van der Waals surface area contributed by atoms with Crippen LogP contribution in [0.25, 0.3) is 0 Å². The summed E-state index contributed by atoms with van der Waals surface area (Å²) in [6.45, 7) is 8.34. The average molecular weight is 257 g/mol. The van der Waals surface area contributed by atoms with Crippen molar-refractivity contribution in [3.05, 3.63) is 0 Å². The zero-order valence-corrected chi connectivity index (χ0v) is 11.2. The van der Waals surface area contributed by atoms with E-state index in [2.05, 4.69) is 5.32 Å². The van der Waals surface area contributed by atoms with Gasteiger partial charge in [-0.2, -0.15) is 0 Å². The van der Waals surface area contributed by atoms with Gasteiger partial charge in [-0.1, -0.05) is 0 Å². The molecular weight excluding hydrogens is 236 g/mol. The van der Waals surface area contributed by atoms with E-state index in [1.807, 2.05) is 4.90 Å². The quantitative estimate of drug-likeness (QED) is 0.557. The second kappa shape index (κ2) is 6.15. The van der Waals surface area contributed by atoms with Gasteiger partial charge in [-0.25, -0.2) is 9.90 Å². The lowest BCUT2D eigenvalue weighted by molar-refractivity contribution is -0.170. The number of hydrogen-bond donors (Lipinski definition) is 1. The van der Waals surface area contributed by atoms with Crippen molar-refractivity contribution in [3.63, 3.8) is 0 Å². The molecule has 18 heavy (non-hydrogen) atoms. The number of nitrogens with zero attached hydrogens (tertiary/aromatic N) is 1. The highest BCUT2D eigenvalue weighted by atomic mass is 16.6. The van der Waals surface area contributed by atoms with Crippen LogP contribution in [0.15, 0.2) is 0 Å². The summed E-state index contributed by atoms with van der Waals surface area (Å²) in [5, 5.41) is 14.2. The third-order valence-electron chi connectivity index (χ3n) is 2.63. The maximum Gasteiger partial charge on any atom is 0.371 e. The van der Waals surface area contributed by atoms with E-state index in [1.54, 1.807) is 20.8 Å². The second-order valence-corrected chi connectivity index (χ2v) is 5.46. The van der Waals surface area contributed by atoms with Crippen molar-refractivity contribution in [2.45, 2.75) is 26.4 Å². The molecule has 0 saturated carbocycles. The van der Waals surface area contributed by atoms with Crippen LogP contribution < -0.4 is 5.32 Å². The molecule has 1 N–H and O–H groups in total. The minimum atomic E-state index is -1.37. The fourth-order valence-corrected chi connectivity index (χ4v) is 1.77. The molecule has 1 fully saturated rings. The van der Waals surface area contributed by atoms with Crippen molar-refractivity contribution in [1.82, 2.24) is 10.2 Å². The third kappa shape index (κ3) is 5.01. The SMILES string of the molecule is CC(C)(C)OC(=O)C(CN1CCNCC1)C([O])=O. The number of esters is 1. The lowest BCUT2D eigenvalue weighted by atomic mass is 10.1. The van der Waals surface area contributed by atoms with Crippen molar-refractivity contribution in [3.8, 4) is 0 Å². The van der Waals surface area contributed by atoms with Gasteiger partial charge < -0.3 is 10.1 Å². The van der Waals surface area contributed by atoms with E-state index < -0.39 is 23.5 Å². The van der Waals surface area contributed by atoms with Crippen LogP contribution in [0.5, 0.6) is 0 Å². The average Bonchev–Trinajstić information content (AvgIpc) is 2.24. The van der Waals surface area contributed by atoms with Gasteiger partial charge in [-0.05, 0) is 20.8 Å². The predicted molar refractivity (Wildman–Crippen MR) is 64.3 cm³/mol. The fourth-order valence-electron chi connectivity index (χ4n) is 1.77. The van der Waals surface area contributed by atoms with Gasteiger partial charge in [0.2, 0.25) is 0 Å². The molecule has 103 valence electrons. The fraction of sp³-hybridized carbons (Fsp3) is 0.833. The van der Waals surface area contributed by atoms with E-state index in [0.717, 1.165) is 26.2 Å². The van der Waals surface area contributed by atoms with Gasteiger partial charge in [0.25, 0.3) is 0 Å². The minimum Gasteiger partial charge on any atom is -0.459 e. The molecule has 1 rings (SSSR count). The van der Waals surface area contributed by atoms with Gasteiger partial charge in [-0.3, -0.25) is 9.69 Å². The summed E-state index contributed by atoms with van der Waals surface area (Å²) in [5.41, 5.74) is -0.686. The monoisotopic (exact) mass is 257 g/mol. The molecule has 0 aromatic carbocycles. The number of rotatable bonds is 4. The van der Waals surface area contributed by atoms with Crippen LogP contribution >= 0.6 is 0 Å². The zero-order chi connectivity index (χ0) is 13.8. The number of piperazine rings is 1. The summed E-state index contributed by atoms with van der Waals surface area (Å²) in [6.07, 6.45) is 0. The maximum absolute atomic E-state index is 11.8. The number of carbonyl (C=O) groups is 2. The summed E-state index contributed by atoms with van der Waals surface area (Å²) in [5.74, 6) is -3.31. The molecule has 0 amide bonds. The number of hydrogen-bond acceptors (Lipinski definition) is 5. The third-order valence-corrected chi connectivity index (χ3v) is 2.63. The van der Waals surface area contributed by atoms with Crippen LogP contribution in [-0.4, -0.2) is 55.2 Å². The Morgan fingerprint density at radius 2 is 1.83 bits per heavy atom. The van der Waals surface area contributed by atoms with Gasteiger partial charge in [0.05, 0.1) is 0 Å². The molecule has 1 aliphatic heterocycles. The summed E-state index contributed by atoms with van der Waals surface area (Å²) < 4.78 is 5.10. The van der Waals surface area contributed by atoms with Gasteiger partial charge in [-0.15, -0.1) is 0 Å². The maximum atomic E-state index is 11.8. The Morgan fingerprint density at radius 1 is 1.28 bits per heavy atom. The number of nitrogens with one attached hydrogen (secondary N) is 1. The first-order valence-electron chi connectivity index (χ1n) is 6.16. The van der Waals surface area contributed by atoms with Gasteiger partial charge in [0.15, 0.2) is 5.92 Å². The van der Waals surface area contributed by atoms with E-state index in [1.165, 1.54) is 0 Å².